The zero-order chi connectivity index (χ0) is 15.4. The number of hydrogen-bond donors (Lipinski definition) is 2. The second-order valence-electron chi connectivity index (χ2n) is 6.28. The number of hydrogen-bond acceptors (Lipinski definition) is 4. The van der Waals surface area contributed by atoms with Crippen molar-refractivity contribution in [1.82, 2.24) is 15.1 Å². The maximum atomic E-state index is 12.3. The van der Waals surface area contributed by atoms with Gasteiger partial charge in [0.1, 0.15) is 0 Å². The van der Waals surface area contributed by atoms with Crippen LogP contribution in [0.2, 0.25) is 0 Å². The van der Waals surface area contributed by atoms with E-state index in [1.54, 1.807) is 0 Å². The molecule has 1 amide bonds. The van der Waals surface area contributed by atoms with Crippen molar-refractivity contribution in [2.24, 2.45) is 0 Å². The quantitative estimate of drug-likeness (QED) is 0.748. The number of rotatable bonds is 6. The minimum absolute atomic E-state index is 0.0131. The summed E-state index contributed by atoms with van der Waals surface area (Å²) in [5.74, 6) is -0.643. The zero-order valence-corrected chi connectivity index (χ0v) is 13.0. The Balaban J connectivity index is 1.74. The molecule has 1 saturated heterocycles. The monoisotopic (exact) mass is 297 g/mol. The van der Waals surface area contributed by atoms with Crippen molar-refractivity contribution < 1.29 is 14.7 Å². The third-order valence-corrected chi connectivity index (χ3v) is 4.79. The highest BCUT2D eigenvalue weighted by molar-refractivity contribution is 5.82. The smallest absolute Gasteiger partial charge is 0.317 e. The minimum atomic E-state index is -0.784. The lowest BCUT2D eigenvalue weighted by Crippen LogP contribution is -2.58. The van der Waals surface area contributed by atoms with Gasteiger partial charge in [-0.2, -0.15) is 0 Å². The third-order valence-electron chi connectivity index (χ3n) is 4.79. The molecular weight excluding hydrogens is 270 g/mol. The van der Waals surface area contributed by atoms with Gasteiger partial charge in [-0.25, -0.2) is 0 Å². The van der Waals surface area contributed by atoms with Crippen molar-refractivity contribution in [3.8, 4) is 0 Å². The molecule has 1 atom stereocenters. The van der Waals surface area contributed by atoms with E-state index in [2.05, 4.69) is 10.2 Å². The number of carbonyl (C=O) groups is 2. The number of nitrogens with one attached hydrogen (secondary N) is 1. The normalized spacial score (nSPS) is 30.0. The van der Waals surface area contributed by atoms with E-state index in [-0.39, 0.29) is 24.5 Å². The first-order valence-corrected chi connectivity index (χ1v) is 7.97. The summed E-state index contributed by atoms with van der Waals surface area (Å²) in [6, 6.07) is 0.514. The Morgan fingerprint density at radius 3 is 2.62 bits per heavy atom. The van der Waals surface area contributed by atoms with Gasteiger partial charge in [0.05, 0.1) is 12.6 Å². The highest BCUT2D eigenvalue weighted by Gasteiger charge is 2.36. The van der Waals surface area contributed by atoms with Gasteiger partial charge >= 0.3 is 5.97 Å². The SMILES string of the molecule is CCN(CC(=O)O)C1CC(NC(=O)[C@@H]2CCCCN2C)C1. The summed E-state index contributed by atoms with van der Waals surface area (Å²) in [6.45, 7) is 3.80. The van der Waals surface area contributed by atoms with Crippen LogP contribution in [0.15, 0.2) is 0 Å². The van der Waals surface area contributed by atoms with E-state index in [0.717, 1.165) is 38.8 Å². The fourth-order valence-corrected chi connectivity index (χ4v) is 3.38. The van der Waals surface area contributed by atoms with Gasteiger partial charge in [-0.3, -0.25) is 19.4 Å². The molecule has 0 aromatic carbocycles. The summed E-state index contributed by atoms with van der Waals surface area (Å²) >= 11 is 0. The maximum Gasteiger partial charge on any atom is 0.317 e. The molecule has 1 heterocycles. The number of carboxylic acid groups (broad SMARTS) is 1. The predicted molar refractivity (Wildman–Crippen MR) is 80.1 cm³/mol. The molecule has 120 valence electrons. The molecule has 6 nitrogen and oxygen atoms in total. The molecule has 0 aromatic rings. The Labute approximate surface area is 126 Å². The summed E-state index contributed by atoms with van der Waals surface area (Å²) in [6.07, 6.45) is 4.97. The number of nitrogens with zero attached hydrogens (tertiary/aromatic N) is 2. The summed E-state index contributed by atoms with van der Waals surface area (Å²) in [5, 5.41) is 12.0. The Morgan fingerprint density at radius 2 is 2.05 bits per heavy atom. The van der Waals surface area contributed by atoms with E-state index in [0.29, 0.717) is 6.04 Å². The molecule has 0 radical (unpaired) electrons. The molecule has 6 heteroatoms. The Kier molecular flexibility index (Phi) is 5.58. The fraction of sp³-hybridized carbons (Fsp3) is 0.867. The van der Waals surface area contributed by atoms with Crippen LogP contribution in [0.4, 0.5) is 0 Å². The molecular formula is C15H27N3O3. The van der Waals surface area contributed by atoms with Gasteiger partial charge in [0.2, 0.25) is 5.91 Å². The molecule has 1 aliphatic heterocycles. The molecule has 21 heavy (non-hydrogen) atoms. The molecule has 2 N–H and O–H groups in total. The van der Waals surface area contributed by atoms with Crippen molar-refractivity contribution >= 4 is 11.9 Å². The van der Waals surface area contributed by atoms with Gasteiger partial charge in [0.15, 0.2) is 0 Å². The number of likely N-dealkylation sites (N-methyl/N-ethyl adjacent to an activating group) is 2. The van der Waals surface area contributed by atoms with E-state index in [1.165, 1.54) is 6.42 Å². The molecule has 2 fully saturated rings. The van der Waals surface area contributed by atoms with Crippen LogP contribution in [-0.2, 0) is 9.59 Å². The van der Waals surface area contributed by atoms with Crippen LogP contribution in [-0.4, -0.2) is 71.6 Å². The largest absolute Gasteiger partial charge is 0.480 e. The standard InChI is InChI=1S/C15H27N3O3/c1-3-18(10-14(19)20)12-8-11(9-12)16-15(21)13-6-4-5-7-17(13)2/h11-13H,3-10H2,1-2H3,(H,16,21)(H,19,20)/t11?,12?,13-/m0/s1. The van der Waals surface area contributed by atoms with Crippen molar-refractivity contribution in [2.45, 2.75) is 57.2 Å². The van der Waals surface area contributed by atoms with Crippen molar-refractivity contribution in [1.29, 1.82) is 0 Å². The number of amides is 1. The van der Waals surface area contributed by atoms with Gasteiger partial charge in [-0.05, 0) is 45.8 Å². The Morgan fingerprint density at radius 1 is 1.33 bits per heavy atom. The van der Waals surface area contributed by atoms with E-state index >= 15 is 0 Å². The molecule has 2 rings (SSSR count). The molecule has 2 aliphatic rings. The first kappa shape index (κ1) is 16.2. The van der Waals surface area contributed by atoms with Crippen LogP contribution in [0.1, 0.15) is 39.0 Å². The lowest BCUT2D eigenvalue weighted by molar-refractivity contribution is -0.140. The molecule has 0 spiro atoms. The fourth-order valence-electron chi connectivity index (χ4n) is 3.38. The first-order valence-electron chi connectivity index (χ1n) is 7.97. The van der Waals surface area contributed by atoms with E-state index < -0.39 is 5.97 Å². The third kappa shape index (κ3) is 4.17. The Bertz CT molecular complexity index is 382. The van der Waals surface area contributed by atoms with Crippen LogP contribution >= 0.6 is 0 Å². The van der Waals surface area contributed by atoms with Crippen LogP contribution in [0.5, 0.6) is 0 Å². The van der Waals surface area contributed by atoms with Gasteiger partial charge in [0.25, 0.3) is 0 Å². The van der Waals surface area contributed by atoms with Crippen molar-refractivity contribution in [3.63, 3.8) is 0 Å². The number of carboxylic acids is 1. The van der Waals surface area contributed by atoms with Crippen LogP contribution in [0.3, 0.4) is 0 Å². The highest BCUT2D eigenvalue weighted by atomic mass is 16.4. The molecule has 1 aliphatic carbocycles. The lowest BCUT2D eigenvalue weighted by atomic mass is 9.85. The molecule has 0 bridgehead atoms. The lowest BCUT2D eigenvalue weighted by Gasteiger charge is -2.43. The van der Waals surface area contributed by atoms with Gasteiger partial charge in [0, 0.05) is 12.1 Å². The summed E-state index contributed by atoms with van der Waals surface area (Å²) < 4.78 is 0. The van der Waals surface area contributed by atoms with Crippen molar-refractivity contribution in [2.75, 3.05) is 26.7 Å². The van der Waals surface area contributed by atoms with Crippen molar-refractivity contribution in [3.05, 3.63) is 0 Å². The topological polar surface area (TPSA) is 72.9 Å². The highest BCUT2D eigenvalue weighted by Crippen LogP contribution is 2.26. The van der Waals surface area contributed by atoms with E-state index in [9.17, 15) is 9.59 Å². The van der Waals surface area contributed by atoms with Gasteiger partial charge in [-0.1, -0.05) is 13.3 Å². The number of piperidine rings is 1. The van der Waals surface area contributed by atoms with Gasteiger partial charge < -0.3 is 10.4 Å². The summed E-state index contributed by atoms with van der Waals surface area (Å²) in [7, 11) is 2.01. The second-order valence-corrected chi connectivity index (χ2v) is 6.28. The van der Waals surface area contributed by atoms with Crippen LogP contribution in [0, 0.1) is 0 Å². The maximum absolute atomic E-state index is 12.3. The first-order chi connectivity index (χ1) is 10.0. The summed E-state index contributed by atoms with van der Waals surface area (Å²) in [5.41, 5.74) is 0. The number of carbonyl (C=O) groups excluding carboxylic acids is 1. The minimum Gasteiger partial charge on any atom is -0.480 e. The van der Waals surface area contributed by atoms with E-state index in [4.69, 9.17) is 5.11 Å². The molecule has 1 saturated carbocycles. The number of aliphatic carboxylic acids is 1. The van der Waals surface area contributed by atoms with E-state index in [1.807, 2.05) is 18.9 Å². The predicted octanol–water partition coefficient (Wildman–Crippen LogP) is 0.524. The molecule has 0 unspecified atom stereocenters. The molecule has 0 aromatic heterocycles. The second kappa shape index (κ2) is 7.22. The van der Waals surface area contributed by atoms with Gasteiger partial charge in [-0.15, -0.1) is 0 Å². The Hall–Kier alpha value is -1.14. The average molecular weight is 297 g/mol. The number of likely N-dealkylation sites (tertiary alicyclic amines) is 1. The van der Waals surface area contributed by atoms with Crippen LogP contribution < -0.4 is 5.32 Å². The summed E-state index contributed by atoms with van der Waals surface area (Å²) in [4.78, 5) is 27.2. The average Bonchev–Trinajstić information content (AvgIpc) is 2.40. The van der Waals surface area contributed by atoms with Crippen LogP contribution in [0.25, 0.3) is 0 Å². The zero-order valence-electron chi connectivity index (χ0n) is 13.0.